The van der Waals surface area contributed by atoms with E-state index >= 15 is 0 Å². The van der Waals surface area contributed by atoms with Crippen molar-refractivity contribution in [2.24, 2.45) is 0 Å². The number of carbonyl (C=O) groups excluding carboxylic acids is 3. The zero-order valence-corrected chi connectivity index (χ0v) is 23.0. The third-order valence-electron chi connectivity index (χ3n) is 6.09. The van der Waals surface area contributed by atoms with Crippen LogP contribution in [0.25, 0.3) is 11.0 Å². The van der Waals surface area contributed by atoms with Crippen LogP contribution in [0.4, 0.5) is 5.69 Å². The molecule has 40 heavy (non-hydrogen) atoms. The van der Waals surface area contributed by atoms with E-state index in [9.17, 15) is 24.6 Å². The molecule has 0 saturated heterocycles. The first-order valence-corrected chi connectivity index (χ1v) is 13.1. The number of rotatable bonds is 8. The number of phenolic OH excluding ortho intramolecular Hbond substituents is 2. The molecule has 1 aromatic heterocycles. The molecule has 1 aliphatic heterocycles. The van der Waals surface area contributed by atoms with Crippen LogP contribution in [0.1, 0.15) is 45.5 Å². The number of nitrogens with zero attached hydrogens (tertiary/aromatic N) is 1. The summed E-state index contributed by atoms with van der Waals surface area (Å²) in [5, 5.41) is 19.3. The molecule has 3 aromatic rings. The first kappa shape index (κ1) is 28.4. The van der Waals surface area contributed by atoms with E-state index in [1.807, 2.05) is 0 Å². The zero-order chi connectivity index (χ0) is 29.1. The van der Waals surface area contributed by atoms with Crippen LogP contribution in [0.2, 0.25) is 0 Å². The van der Waals surface area contributed by atoms with Gasteiger partial charge in [-0.25, -0.2) is 9.59 Å². The minimum absolute atomic E-state index is 0.0168. The van der Waals surface area contributed by atoms with E-state index < -0.39 is 23.1 Å². The number of carbonyl (C=O) groups is 3. The number of hydrogen-bond donors (Lipinski definition) is 3. The fourth-order valence-corrected chi connectivity index (χ4v) is 5.49. The molecule has 0 aliphatic carbocycles. The lowest BCUT2D eigenvalue weighted by atomic mass is 10.1. The fourth-order valence-electron chi connectivity index (χ4n) is 4.30. The average Bonchev–Trinajstić information content (AvgIpc) is 3.22. The van der Waals surface area contributed by atoms with Gasteiger partial charge in [-0.2, -0.15) is 0 Å². The first-order chi connectivity index (χ1) is 19.2. The SMILES string of the molecule is CCOC(=O)C1=c2/c(=C/c3ccc(O)c(OC)c3)c(N)c(C(=O)OCC)n2C(=O)[C@H](c2ccc(O)c(OC)c2)S1. The molecule has 4 N–H and O–H groups in total. The maximum atomic E-state index is 14.1. The highest BCUT2D eigenvalue weighted by atomic mass is 32.2. The number of hydrogen-bond acceptors (Lipinski definition) is 11. The van der Waals surface area contributed by atoms with Crippen molar-refractivity contribution in [3.05, 3.63) is 63.8 Å². The van der Waals surface area contributed by atoms with Gasteiger partial charge in [0.1, 0.15) is 10.2 Å². The van der Waals surface area contributed by atoms with Crippen molar-refractivity contribution in [1.82, 2.24) is 4.57 Å². The van der Waals surface area contributed by atoms with E-state index in [1.54, 1.807) is 26.0 Å². The summed E-state index contributed by atoms with van der Waals surface area (Å²) < 4.78 is 22.0. The molecule has 0 fully saturated rings. The van der Waals surface area contributed by atoms with Crippen molar-refractivity contribution < 1.29 is 43.5 Å². The van der Waals surface area contributed by atoms with Crippen LogP contribution < -0.4 is 25.8 Å². The minimum Gasteiger partial charge on any atom is -0.504 e. The van der Waals surface area contributed by atoms with E-state index in [0.717, 1.165) is 16.3 Å². The Hall–Kier alpha value is -4.58. The maximum absolute atomic E-state index is 14.1. The number of anilines is 1. The van der Waals surface area contributed by atoms with Gasteiger partial charge in [-0.3, -0.25) is 9.36 Å². The molecule has 0 spiro atoms. The van der Waals surface area contributed by atoms with Crippen molar-refractivity contribution in [2.45, 2.75) is 19.1 Å². The number of nitrogen functional groups attached to an aromatic ring is 1. The van der Waals surface area contributed by atoms with Gasteiger partial charge in [-0.15, -0.1) is 0 Å². The standard InChI is InChI=1S/C28H28N2O9S/c1-5-38-27(34)23-21(29)16(11-14-7-9-17(31)19(12-14)36-3)22-25(28(35)39-6-2)40-24(26(33)30(22)23)15-8-10-18(32)20(13-15)37-4/h7-13,24,31-32H,5-6,29H2,1-4H3/b16-11+/t24-/m0/s1. The Morgan fingerprint density at radius 2 is 1.57 bits per heavy atom. The van der Waals surface area contributed by atoms with Gasteiger partial charge in [-0.05, 0) is 55.3 Å². The van der Waals surface area contributed by atoms with Crippen molar-refractivity contribution >= 4 is 46.3 Å². The molecule has 0 radical (unpaired) electrons. The predicted octanol–water partition coefficient (Wildman–Crippen LogP) is 2.30. The number of esters is 2. The van der Waals surface area contributed by atoms with Gasteiger partial charge in [-0.1, -0.05) is 23.9 Å². The molecular weight excluding hydrogens is 540 g/mol. The number of benzene rings is 2. The third kappa shape index (κ3) is 5.05. The summed E-state index contributed by atoms with van der Waals surface area (Å²) in [7, 11) is 2.77. The van der Waals surface area contributed by atoms with Gasteiger partial charge in [0.25, 0.3) is 0 Å². The predicted molar refractivity (Wildman–Crippen MR) is 148 cm³/mol. The summed E-state index contributed by atoms with van der Waals surface area (Å²) in [5.41, 5.74) is 7.10. The lowest BCUT2D eigenvalue weighted by molar-refractivity contribution is -0.135. The Kier molecular flexibility index (Phi) is 8.29. The number of aromatic hydroxyl groups is 2. The van der Waals surface area contributed by atoms with Crippen LogP contribution in [-0.4, -0.2) is 60.1 Å². The largest absolute Gasteiger partial charge is 0.504 e. The lowest BCUT2D eigenvalue weighted by Crippen LogP contribution is -2.42. The quantitative estimate of drug-likeness (QED) is 0.342. The monoisotopic (exact) mass is 568 g/mol. The van der Waals surface area contributed by atoms with E-state index in [-0.39, 0.29) is 63.1 Å². The average molecular weight is 569 g/mol. The topological polar surface area (TPSA) is 160 Å². The summed E-state index contributed by atoms with van der Waals surface area (Å²) in [4.78, 5) is 40.6. The molecule has 2 heterocycles. The van der Waals surface area contributed by atoms with E-state index in [0.29, 0.717) is 11.1 Å². The lowest BCUT2D eigenvalue weighted by Gasteiger charge is -2.24. The van der Waals surface area contributed by atoms with Crippen LogP contribution in [-0.2, 0) is 14.3 Å². The number of nitrogens with two attached hydrogens (primary N) is 1. The number of fused-ring (bicyclic) bond motifs is 1. The number of aromatic nitrogens is 1. The Morgan fingerprint density at radius 1 is 0.975 bits per heavy atom. The van der Waals surface area contributed by atoms with E-state index in [2.05, 4.69) is 0 Å². The molecule has 12 heteroatoms. The Morgan fingerprint density at radius 3 is 2.20 bits per heavy atom. The number of phenols is 2. The first-order valence-electron chi connectivity index (χ1n) is 12.2. The molecule has 0 saturated carbocycles. The fraction of sp³-hybridized carbons (Fsp3) is 0.250. The summed E-state index contributed by atoms with van der Waals surface area (Å²) in [6, 6.07) is 8.91. The van der Waals surface area contributed by atoms with Crippen LogP contribution in [0.5, 0.6) is 23.0 Å². The molecule has 1 atom stereocenters. The van der Waals surface area contributed by atoms with Gasteiger partial charge in [0.2, 0.25) is 5.91 Å². The number of ether oxygens (including phenoxy) is 4. The van der Waals surface area contributed by atoms with Crippen LogP contribution in [0, 0.1) is 0 Å². The second-order valence-corrected chi connectivity index (χ2v) is 9.59. The molecule has 0 amide bonds. The Bertz CT molecular complexity index is 1630. The molecule has 0 unspecified atom stereocenters. The van der Waals surface area contributed by atoms with Gasteiger partial charge >= 0.3 is 11.9 Å². The van der Waals surface area contributed by atoms with Gasteiger partial charge in [0.15, 0.2) is 28.7 Å². The third-order valence-corrected chi connectivity index (χ3v) is 7.40. The van der Waals surface area contributed by atoms with Crippen molar-refractivity contribution in [2.75, 3.05) is 33.2 Å². The highest BCUT2D eigenvalue weighted by Gasteiger charge is 2.38. The number of thioether (sulfide) groups is 1. The minimum atomic E-state index is -1.03. The molecule has 11 nitrogen and oxygen atoms in total. The molecule has 0 bridgehead atoms. The second kappa shape index (κ2) is 11.7. The zero-order valence-electron chi connectivity index (χ0n) is 22.2. The highest BCUT2D eigenvalue weighted by molar-refractivity contribution is 8.10. The smallest absolute Gasteiger partial charge is 0.357 e. The summed E-state index contributed by atoms with van der Waals surface area (Å²) in [6.07, 6.45) is 1.57. The van der Waals surface area contributed by atoms with Crippen molar-refractivity contribution in [3.8, 4) is 23.0 Å². The Labute approximate surface area is 233 Å². The van der Waals surface area contributed by atoms with Crippen molar-refractivity contribution in [3.63, 3.8) is 0 Å². The maximum Gasteiger partial charge on any atom is 0.357 e. The second-order valence-electron chi connectivity index (χ2n) is 8.47. The van der Waals surface area contributed by atoms with Crippen molar-refractivity contribution in [1.29, 1.82) is 0 Å². The summed E-state index contributed by atoms with van der Waals surface area (Å²) in [5.74, 6) is -2.05. The summed E-state index contributed by atoms with van der Waals surface area (Å²) >= 11 is 0.933. The Balaban J connectivity index is 2.09. The van der Waals surface area contributed by atoms with Crippen LogP contribution >= 0.6 is 11.8 Å². The summed E-state index contributed by atoms with van der Waals surface area (Å²) in [6.45, 7) is 3.34. The highest BCUT2D eigenvalue weighted by Crippen LogP contribution is 2.42. The molecular formula is C28H28N2O9S. The van der Waals surface area contributed by atoms with Crippen LogP contribution in [0.15, 0.2) is 36.4 Å². The van der Waals surface area contributed by atoms with Crippen LogP contribution in [0.3, 0.4) is 0 Å². The normalized spacial score (nSPS) is 15.0. The van der Waals surface area contributed by atoms with Gasteiger partial charge in [0, 0.05) is 5.22 Å². The number of methoxy groups -OCH3 is 2. The van der Waals surface area contributed by atoms with Gasteiger partial charge in [0.05, 0.1) is 38.5 Å². The van der Waals surface area contributed by atoms with E-state index in [4.69, 9.17) is 24.7 Å². The molecule has 210 valence electrons. The molecule has 1 aliphatic rings. The molecule has 4 rings (SSSR count). The van der Waals surface area contributed by atoms with E-state index in [1.165, 1.54) is 44.6 Å². The van der Waals surface area contributed by atoms with Gasteiger partial charge < -0.3 is 34.9 Å². The molecule has 2 aromatic carbocycles.